The van der Waals surface area contributed by atoms with Gasteiger partial charge in [0.25, 0.3) is 0 Å². The lowest BCUT2D eigenvalue weighted by Crippen LogP contribution is -2.18. The quantitative estimate of drug-likeness (QED) is 0.744. The molecule has 0 radical (unpaired) electrons. The monoisotopic (exact) mass is 305 g/mol. The van der Waals surface area contributed by atoms with E-state index in [1.807, 2.05) is 23.7 Å². The second-order valence-electron chi connectivity index (χ2n) is 5.38. The molecule has 2 rings (SSSR count). The Hall–Kier alpha value is -1.62. The van der Waals surface area contributed by atoms with Gasteiger partial charge in [-0.3, -0.25) is 0 Å². The number of rotatable bonds is 6. The molecule has 0 aliphatic carbocycles. The van der Waals surface area contributed by atoms with Gasteiger partial charge in [-0.1, -0.05) is 25.5 Å². The molecule has 0 aliphatic rings. The maximum Gasteiger partial charge on any atom is 0.200 e. The molecule has 4 nitrogen and oxygen atoms in total. The van der Waals surface area contributed by atoms with Gasteiger partial charge in [0.1, 0.15) is 12.1 Å². The third-order valence-electron chi connectivity index (χ3n) is 3.74. The third-order valence-corrected chi connectivity index (χ3v) is 4.22. The molecule has 21 heavy (non-hydrogen) atoms. The lowest BCUT2D eigenvalue weighted by Gasteiger charge is -2.21. The summed E-state index contributed by atoms with van der Waals surface area (Å²) in [5.41, 5.74) is 2.40. The number of hydrogen-bond donors (Lipinski definition) is 0. The van der Waals surface area contributed by atoms with Crippen LogP contribution in [0, 0.1) is 18.6 Å². The van der Waals surface area contributed by atoms with E-state index in [1.165, 1.54) is 11.1 Å². The predicted octanol–water partition coefficient (Wildman–Crippen LogP) is 4.34. The fraction of sp³-hybridized carbons (Fsp3) is 0.500. The van der Waals surface area contributed by atoms with Gasteiger partial charge in [0.2, 0.25) is 4.77 Å². The summed E-state index contributed by atoms with van der Waals surface area (Å²) in [5.74, 6) is 0.906. The van der Waals surface area contributed by atoms with E-state index in [4.69, 9.17) is 17.0 Å². The average Bonchev–Trinajstić information content (AvgIpc) is 2.80. The van der Waals surface area contributed by atoms with Crippen LogP contribution in [-0.2, 0) is 7.05 Å². The molecule has 114 valence electrons. The highest BCUT2D eigenvalue weighted by atomic mass is 32.1. The zero-order valence-electron chi connectivity index (χ0n) is 13.2. The minimum absolute atomic E-state index is 0.154. The van der Waals surface area contributed by atoms with E-state index in [9.17, 15) is 0 Å². The molecule has 0 amide bonds. The van der Waals surface area contributed by atoms with E-state index in [-0.39, 0.29) is 6.23 Å². The maximum absolute atomic E-state index is 6.23. The lowest BCUT2D eigenvalue weighted by molar-refractivity contribution is 0.103. The van der Waals surface area contributed by atoms with Gasteiger partial charge >= 0.3 is 0 Å². The Morgan fingerprint density at radius 2 is 2.10 bits per heavy atom. The Kier molecular flexibility index (Phi) is 5.17. The number of unbranched alkanes of at least 4 members (excludes halogenated alkanes) is 1. The van der Waals surface area contributed by atoms with Gasteiger partial charge < -0.3 is 9.30 Å². The van der Waals surface area contributed by atoms with E-state index in [2.05, 4.69) is 31.9 Å². The summed E-state index contributed by atoms with van der Waals surface area (Å²) in [6.07, 6.45) is 4.67. The predicted molar refractivity (Wildman–Crippen MR) is 87.1 cm³/mol. The summed E-state index contributed by atoms with van der Waals surface area (Å²) >= 11 is 5.41. The Morgan fingerprint density at radius 1 is 1.33 bits per heavy atom. The van der Waals surface area contributed by atoms with Crippen LogP contribution in [0.3, 0.4) is 0 Å². The van der Waals surface area contributed by atoms with E-state index >= 15 is 0 Å². The van der Waals surface area contributed by atoms with E-state index in [0.29, 0.717) is 4.77 Å². The fourth-order valence-corrected chi connectivity index (χ4v) is 2.41. The molecule has 1 aromatic carbocycles. The topological polar surface area (TPSA) is 32.0 Å². The third kappa shape index (κ3) is 3.53. The van der Waals surface area contributed by atoms with Gasteiger partial charge in [-0.05, 0) is 49.7 Å². The molecule has 0 bridgehead atoms. The highest BCUT2D eigenvalue weighted by molar-refractivity contribution is 7.71. The van der Waals surface area contributed by atoms with Crippen molar-refractivity contribution in [2.45, 2.75) is 46.3 Å². The summed E-state index contributed by atoms with van der Waals surface area (Å²) in [6, 6.07) is 6.12. The Labute approximate surface area is 131 Å². The molecule has 0 N–H and O–H groups in total. The molecule has 5 heteroatoms. The first-order valence-corrected chi connectivity index (χ1v) is 7.78. The number of aryl methyl sites for hydroxylation is 2. The molecular weight excluding hydrogens is 282 g/mol. The van der Waals surface area contributed by atoms with Crippen molar-refractivity contribution in [3.63, 3.8) is 0 Å². The molecule has 0 fully saturated rings. The number of hydrogen-bond acceptors (Lipinski definition) is 3. The van der Waals surface area contributed by atoms with Gasteiger partial charge in [-0.15, -0.1) is 0 Å². The fourth-order valence-electron chi connectivity index (χ4n) is 2.20. The number of ether oxygens (including phenoxy) is 1. The molecule has 2 aromatic rings. The van der Waals surface area contributed by atoms with E-state index < -0.39 is 0 Å². The second-order valence-corrected chi connectivity index (χ2v) is 5.75. The van der Waals surface area contributed by atoms with Crippen molar-refractivity contribution in [1.82, 2.24) is 14.3 Å². The summed E-state index contributed by atoms with van der Waals surface area (Å²) in [6.45, 7) is 6.35. The summed E-state index contributed by atoms with van der Waals surface area (Å²) in [5, 5.41) is 4.37. The molecular formula is C16H23N3OS. The van der Waals surface area contributed by atoms with Crippen molar-refractivity contribution in [1.29, 1.82) is 0 Å². The van der Waals surface area contributed by atoms with Crippen molar-refractivity contribution >= 4 is 12.2 Å². The van der Waals surface area contributed by atoms with Gasteiger partial charge in [-0.25, -0.2) is 0 Å². The van der Waals surface area contributed by atoms with Crippen molar-refractivity contribution in [2.24, 2.45) is 7.05 Å². The van der Waals surface area contributed by atoms with Crippen LogP contribution in [0.1, 0.15) is 43.5 Å². The van der Waals surface area contributed by atoms with E-state index in [0.717, 1.165) is 25.0 Å². The number of aromatic nitrogens is 3. The van der Waals surface area contributed by atoms with Crippen molar-refractivity contribution in [2.75, 3.05) is 0 Å². The lowest BCUT2D eigenvalue weighted by atomic mass is 10.1. The van der Waals surface area contributed by atoms with Gasteiger partial charge in [0, 0.05) is 13.5 Å². The molecule has 0 spiro atoms. The minimum Gasteiger partial charge on any atom is -0.468 e. The minimum atomic E-state index is -0.154. The zero-order valence-corrected chi connectivity index (χ0v) is 14.0. The molecule has 1 aromatic heterocycles. The highest BCUT2D eigenvalue weighted by Crippen LogP contribution is 2.26. The SMILES string of the molecule is CCCCC(Oc1cccc(C)c1C)n1ncn(C)c1=S. The molecule has 0 aliphatic heterocycles. The Bertz CT molecular complexity index is 660. The first kappa shape index (κ1) is 15.8. The van der Waals surface area contributed by atoms with Gasteiger partial charge in [-0.2, -0.15) is 9.78 Å². The Balaban J connectivity index is 2.30. The highest BCUT2D eigenvalue weighted by Gasteiger charge is 2.16. The van der Waals surface area contributed by atoms with Gasteiger partial charge in [0.05, 0.1) is 0 Å². The molecule has 1 heterocycles. The van der Waals surface area contributed by atoms with Crippen molar-refractivity contribution < 1.29 is 4.74 Å². The molecule has 1 atom stereocenters. The van der Waals surface area contributed by atoms with Crippen molar-refractivity contribution in [3.05, 3.63) is 40.4 Å². The summed E-state index contributed by atoms with van der Waals surface area (Å²) in [7, 11) is 1.90. The van der Waals surface area contributed by atoms with Crippen LogP contribution in [0.15, 0.2) is 24.5 Å². The van der Waals surface area contributed by atoms with Crippen LogP contribution in [0.4, 0.5) is 0 Å². The molecule has 0 saturated heterocycles. The van der Waals surface area contributed by atoms with E-state index in [1.54, 1.807) is 11.0 Å². The van der Waals surface area contributed by atoms with Crippen molar-refractivity contribution in [3.8, 4) is 5.75 Å². The summed E-state index contributed by atoms with van der Waals surface area (Å²) in [4.78, 5) is 0. The maximum atomic E-state index is 6.23. The smallest absolute Gasteiger partial charge is 0.200 e. The zero-order chi connectivity index (χ0) is 15.4. The molecule has 1 unspecified atom stereocenters. The Morgan fingerprint density at radius 3 is 2.71 bits per heavy atom. The van der Waals surface area contributed by atoms with Crippen LogP contribution in [0.2, 0.25) is 0 Å². The number of benzene rings is 1. The number of nitrogens with zero attached hydrogens (tertiary/aromatic N) is 3. The van der Waals surface area contributed by atoms with Crippen LogP contribution < -0.4 is 4.74 Å². The first-order valence-electron chi connectivity index (χ1n) is 7.37. The molecule has 0 saturated carbocycles. The average molecular weight is 305 g/mol. The standard InChI is InChI=1S/C16H23N3OS/c1-5-6-10-15(19-16(21)18(4)11-17-19)20-14-9-7-8-12(2)13(14)3/h7-9,11,15H,5-6,10H2,1-4H3. The van der Waals surface area contributed by atoms with Crippen LogP contribution in [0.5, 0.6) is 5.75 Å². The van der Waals surface area contributed by atoms with Crippen LogP contribution in [0.25, 0.3) is 0 Å². The first-order chi connectivity index (χ1) is 10.0. The van der Waals surface area contributed by atoms with Crippen LogP contribution >= 0.6 is 12.2 Å². The van der Waals surface area contributed by atoms with Gasteiger partial charge in [0.15, 0.2) is 6.23 Å². The van der Waals surface area contributed by atoms with Crippen LogP contribution in [-0.4, -0.2) is 14.3 Å². The largest absolute Gasteiger partial charge is 0.468 e. The second kappa shape index (κ2) is 6.89. The summed E-state index contributed by atoms with van der Waals surface area (Å²) < 4.78 is 10.5. The normalized spacial score (nSPS) is 12.4.